The first kappa shape index (κ1) is 16.2. The minimum absolute atomic E-state index is 0.0903. The minimum atomic E-state index is -3.96. The Balaban J connectivity index is 1.90. The summed E-state index contributed by atoms with van der Waals surface area (Å²) < 4.78 is 40.0. The van der Waals surface area contributed by atoms with Crippen molar-refractivity contribution in [2.75, 3.05) is 11.3 Å². The summed E-state index contributed by atoms with van der Waals surface area (Å²) in [7, 11) is -3.96. The molecule has 0 unspecified atom stereocenters. The van der Waals surface area contributed by atoms with Gasteiger partial charge in [0.2, 0.25) is 0 Å². The lowest BCUT2D eigenvalue weighted by molar-refractivity contribution is 0.0960. The summed E-state index contributed by atoms with van der Waals surface area (Å²) in [6.07, 6.45) is 1.33. The standard InChI is InChI=1S/C13H11ClFN3O3S2/c14-8-6-7(3-4-9(8)15)23(20,21)18-13-17-10-2-1-5-16-12(19)11(10)22-13/h3-4,6H,1-2,5H2,(H,16,19)(H,17,18). The van der Waals surface area contributed by atoms with Gasteiger partial charge < -0.3 is 5.32 Å². The molecule has 122 valence electrons. The molecule has 1 aromatic carbocycles. The van der Waals surface area contributed by atoms with Crippen LogP contribution in [0.3, 0.4) is 0 Å². The lowest BCUT2D eigenvalue weighted by Gasteiger charge is -2.06. The first-order valence-corrected chi connectivity index (χ1v) is 9.30. The molecule has 2 heterocycles. The molecule has 0 aliphatic carbocycles. The van der Waals surface area contributed by atoms with E-state index in [-0.39, 0.29) is 21.0 Å². The third-order valence-corrected chi connectivity index (χ3v) is 5.97. The number of benzene rings is 1. The van der Waals surface area contributed by atoms with Crippen LogP contribution in [0.5, 0.6) is 0 Å². The molecule has 0 saturated heterocycles. The summed E-state index contributed by atoms with van der Waals surface area (Å²) in [5.74, 6) is -0.964. The van der Waals surface area contributed by atoms with Gasteiger partial charge in [0.25, 0.3) is 15.9 Å². The molecule has 6 nitrogen and oxygen atoms in total. The van der Waals surface area contributed by atoms with Crippen LogP contribution in [0.4, 0.5) is 9.52 Å². The van der Waals surface area contributed by atoms with Gasteiger partial charge in [-0.05, 0) is 31.0 Å². The number of hydrogen-bond acceptors (Lipinski definition) is 5. The van der Waals surface area contributed by atoms with Crippen LogP contribution < -0.4 is 10.0 Å². The van der Waals surface area contributed by atoms with Crippen molar-refractivity contribution in [1.29, 1.82) is 0 Å². The first-order chi connectivity index (χ1) is 10.9. The molecular formula is C13H11ClFN3O3S2. The molecule has 2 N–H and O–H groups in total. The number of aromatic nitrogens is 1. The Hall–Kier alpha value is -1.71. The van der Waals surface area contributed by atoms with Gasteiger partial charge in [-0.25, -0.2) is 17.8 Å². The van der Waals surface area contributed by atoms with Crippen LogP contribution in [0.1, 0.15) is 21.8 Å². The van der Waals surface area contributed by atoms with Crippen LogP contribution in [0.15, 0.2) is 23.1 Å². The number of thiazole rings is 1. The zero-order chi connectivity index (χ0) is 16.6. The van der Waals surface area contributed by atoms with E-state index in [1.165, 1.54) is 0 Å². The maximum atomic E-state index is 13.1. The second kappa shape index (κ2) is 6.06. The van der Waals surface area contributed by atoms with Crippen molar-refractivity contribution < 1.29 is 17.6 Å². The van der Waals surface area contributed by atoms with Crippen molar-refractivity contribution in [3.05, 3.63) is 39.6 Å². The Labute approximate surface area is 140 Å². The maximum absolute atomic E-state index is 13.1. The molecule has 1 aliphatic rings. The highest BCUT2D eigenvalue weighted by Crippen LogP contribution is 2.28. The van der Waals surface area contributed by atoms with Gasteiger partial charge in [-0.15, -0.1) is 0 Å². The van der Waals surface area contributed by atoms with Crippen molar-refractivity contribution in [3.63, 3.8) is 0 Å². The number of sulfonamides is 1. The van der Waals surface area contributed by atoms with Crippen molar-refractivity contribution >= 4 is 44.0 Å². The molecular weight excluding hydrogens is 365 g/mol. The number of aryl methyl sites for hydroxylation is 1. The van der Waals surface area contributed by atoms with Crippen molar-refractivity contribution in [1.82, 2.24) is 10.3 Å². The number of carbonyl (C=O) groups excluding carboxylic acids is 1. The second-order valence-electron chi connectivity index (χ2n) is 4.84. The van der Waals surface area contributed by atoms with Gasteiger partial charge in [-0.1, -0.05) is 22.9 Å². The van der Waals surface area contributed by atoms with E-state index in [1.807, 2.05) is 0 Å². The lowest BCUT2D eigenvalue weighted by Crippen LogP contribution is -2.21. The van der Waals surface area contributed by atoms with E-state index in [9.17, 15) is 17.6 Å². The molecule has 2 aromatic rings. The lowest BCUT2D eigenvalue weighted by atomic mass is 10.2. The van der Waals surface area contributed by atoms with Crippen LogP contribution in [-0.4, -0.2) is 25.9 Å². The maximum Gasteiger partial charge on any atom is 0.263 e. The van der Waals surface area contributed by atoms with Gasteiger partial charge in [0.1, 0.15) is 10.7 Å². The Morgan fingerprint density at radius 1 is 1.39 bits per heavy atom. The normalized spacial score (nSPS) is 14.8. The summed E-state index contributed by atoms with van der Waals surface area (Å²) in [6, 6.07) is 3.10. The summed E-state index contributed by atoms with van der Waals surface area (Å²) in [4.78, 5) is 16.3. The number of halogens is 2. The second-order valence-corrected chi connectivity index (χ2v) is 7.92. The molecule has 10 heteroatoms. The van der Waals surface area contributed by atoms with Crippen LogP contribution in [-0.2, 0) is 16.4 Å². The van der Waals surface area contributed by atoms with E-state index in [4.69, 9.17) is 11.6 Å². The summed E-state index contributed by atoms with van der Waals surface area (Å²) in [5, 5.41) is 2.52. The number of nitrogens with one attached hydrogen (secondary N) is 2. The molecule has 0 saturated carbocycles. The number of hydrogen-bond donors (Lipinski definition) is 2. The smallest absolute Gasteiger partial charge is 0.263 e. The van der Waals surface area contributed by atoms with Gasteiger partial charge in [-0.3, -0.25) is 9.52 Å². The topological polar surface area (TPSA) is 88.2 Å². The quantitative estimate of drug-likeness (QED) is 0.862. The van der Waals surface area contributed by atoms with E-state index < -0.39 is 15.8 Å². The zero-order valence-electron chi connectivity index (χ0n) is 11.6. The highest BCUT2D eigenvalue weighted by Gasteiger charge is 2.23. The molecule has 1 amide bonds. The fourth-order valence-electron chi connectivity index (χ4n) is 2.10. The molecule has 0 fully saturated rings. The predicted octanol–water partition coefficient (Wildman–Crippen LogP) is 2.41. The monoisotopic (exact) mass is 375 g/mol. The molecule has 0 spiro atoms. The first-order valence-electron chi connectivity index (χ1n) is 6.62. The van der Waals surface area contributed by atoms with E-state index in [0.717, 1.165) is 36.0 Å². The Kier molecular flexibility index (Phi) is 4.26. The SMILES string of the molecule is O=C1NCCCc2nc(NS(=O)(=O)c3ccc(F)c(Cl)c3)sc21. The highest BCUT2D eigenvalue weighted by atomic mass is 35.5. The molecule has 0 radical (unpaired) electrons. The number of amides is 1. The molecule has 1 aliphatic heterocycles. The average molecular weight is 376 g/mol. The molecule has 1 aromatic heterocycles. The van der Waals surface area contributed by atoms with Crippen LogP contribution >= 0.6 is 22.9 Å². The summed E-state index contributed by atoms with van der Waals surface area (Å²) >= 11 is 6.57. The Bertz CT molecular complexity index is 883. The highest BCUT2D eigenvalue weighted by molar-refractivity contribution is 7.93. The van der Waals surface area contributed by atoms with Gasteiger partial charge in [-0.2, -0.15) is 0 Å². The van der Waals surface area contributed by atoms with E-state index >= 15 is 0 Å². The van der Waals surface area contributed by atoms with Gasteiger partial charge in [0.05, 0.1) is 15.6 Å². The van der Waals surface area contributed by atoms with Gasteiger partial charge >= 0.3 is 0 Å². The fraction of sp³-hybridized carbons (Fsp3) is 0.231. The zero-order valence-corrected chi connectivity index (χ0v) is 14.0. The largest absolute Gasteiger partial charge is 0.351 e. The molecule has 3 rings (SSSR count). The van der Waals surface area contributed by atoms with Gasteiger partial charge in [0, 0.05) is 6.54 Å². The number of carbonyl (C=O) groups is 1. The number of anilines is 1. The van der Waals surface area contributed by atoms with Crippen LogP contribution in [0.2, 0.25) is 5.02 Å². The average Bonchev–Trinajstić information content (AvgIpc) is 2.80. The Morgan fingerprint density at radius 2 is 2.17 bits per heavy atom. The van der Waals surface area contributed by atoms with Crippen molar-refractivity contribution in [2.24, 2.45) is 0 Å². The number of rotatable bonds is 3. The molecule has 0 atom stereocenters. The van der Waals surface area contributed by atoms with E-state index in [2.05, 4.69) is 15.0 Å². The fourth-order valence-corrected chi connectivity index (χ4v) is 4.53. The minimum Gasteiger partial charge on any atom is -0.351 e. The van der Waals surface area contributed by atoms with Crippen molar-refractivity contribution in [2.45, 2.75) is 17.7 Å². The number of fused-ring (bicyclic) bond motifs is 1. The predicted molar refractivity (Wildman–Crippen MR) is 85.0 cm³/mol. The summed E-state index contributed by atoms with van der Waals surface area (Å²) in [5.41, 5.74) is 0.569. The van der Waals surface area contributed by atoms with Crippen LogP contribution in [0.25, 0.3) is 0 Å². The van der Waals surface area contributed by atoms with E-state index in [0.29, 0.717) is 23.5 Å². The summed E-state index contributed by atoms with van der Waals surface area (Å²) in [6.45, 7) is 0.567. The molecule has 23 heavy (non-hydrogen) atoms. The van der Waals surface area contributed by atoms with E-state index in [1.54, 1.807) is 0 Å². The third-order valence-electron chi connectivity index (χ3n) is 3.20. The molecule has 0 bridgehead atoms. The van der Waals surface area contributed by atoms with Crippen molar-refractivity contribution in [3.8, 4) is 0 Å². The third kappa shape index (κ3) is 3.31. The Morgan fingerprint density at radius 3 is 2.91 bits per heavy atom. The number of nitrogens with zero attached hydrogens (tertiary/aromatic N) is 1. The van der Waals surface area contributed by atoms with Crippen LogP contribution in [0, 0.1) is 5.82 Å². The van der Waals surface area contributed by atoms with Gasteiger partial charge in [0.15, 0.2) is 5.13 Å².